The van der Waals surface area contributed by atoms with E-state index < -0.39 is 29.6 Å². The number of alkyl halides is 1. The molecule has 1 amide bonds. The number of rotatable bonds is 7. The highest BCUT2D eigenvalue weighted by molar-refractivity contribution is 6.33. The summed E-state index contributed by atoms with van der Waals surface area (Å²) >= 11 is 11.9. The van der Waals surface area contributed by atoms with E-state index in [1.165, 1.54) is 17.0 Å². The summed E-state index contributed by atoms with van der Waals surface area (Å²) in [5.74, 6) is -2.47. The SMILES string of the molecule is O=C(O[C@H](CCCl)C(=O)c1ccc(F)cc1)[C@@H]1CC(=O)N(c2ccccc2Cl)C1. The third-order valence-corrected chi connectivity index (χ3v) is 5.19. The second kappa shape index (κ2) is 9.37. The number of hydrogen-bond acceptors (Lipinski definition) is 4. The lowest BCUT2D eigenvalue weighted by molar-refractivity contribution is -0.151. The van der Waals surface area contributed by atoms with Crippen molar-refractivity contribution in [3.05, 3.63) is 64.9 Å². The molecule has 1 aliphatic heterocycles. The Morgan fingerprint density at radius 3 is 2.52 bits per heavy atom. The highest BCUT2D eigenvalue weighted by Gasteiger charge is 2.38. The van der Waals surface area contributed by atoms with Crippen molar-refractivity contribution in [1.29, 1.82) is 0 Å². The summed E-state index contributed by atoms with van der Waals surface area (Å²) in [6, 6.07) is 11.8. The molecule has 29 heavy (non-hydrogen) atoms. The molecule has 0 spiro atoms. The Morgan fingerprint density at radius 1 is 1.17 bits per heavy atom. The van der Waals surface area contributed by atoms with Gasteiger partial charge in [-0.1, -0.05) is 23.7 Å². The van der Waals surface area contributed by atoms with E-state index in [-0.39, 0.29) is 36.7 Å². The summed E-state index contributed by atoms with van der Waals surface area (Å²) in [6.45, 7) is 0.111. The Morgan fingerprint density at radius 2 is 1.86 bits per heavy atom. The van der Waals surface area contributed by atoms with Gasteiger partial charge < -0.3 is 9.64 Å². The zero-order valence-electron chi connectivity index (χ0n) is 15.3. The lowest BCUT2D eigenvalue weighted by atomic mass is 10.0. The van der Waals surface area contributed by atoms with Gasteiger partial charge in [0.2, 0.25) is 11.7 Å². The van der Waals surface area contributed by atoms with Crippen molar-refractivity contribution in [1.82, 2.24) is 0 Å². The molecule has 1 fully saturated rings. The van der Waals surface area contributed by atoms with E-state index in [9.17, 15) is 18.8 Å². The zero-order valence-corrected chi connectivity index (χ0v) is 16.8. The summed E-state index contributed by atoms with van der Waals surface area (Å²) in [4.78, 5) is 39.1. The molecule has 2 aromatic rings. The Bertz CT molecular complexity index is 919. The van der Waals surface area contributed by atoms with Gasteiger partial charge in [0.25, 0.3) is 0 Å². The van der Waals surface area contributed by atoms with Crippen LogP contribution in [0.4, 0.5) is 10.1 Å². The maximum atomic E-state index is 13.1. The number of esters is 1. The molecule has 0 radical (unpaired) electrons. The van der Waals surface area contributed by atoms with Crippen molar-refractivity contribution in [2.24, 2.45) is 5.92 Å². The largest absolute Gasteiger partial charge is 0.454 e. The van der Waals surface area contributed by atoms with Crippen molar-refractivity contribution >= 4 is 46.5 Å². The van der Waals surface area contributed by atoms with E-state index in [1.54, 1.807) is 24.3 Å². The van der Waals surface area contributed by atoms with Crippen LogP contribution in [0.25, 0.3) is 0 Å². The third kappa shape index (κ3) is 4.95. The minimum atomic E-state index is -1.10. The summed E-state index contributed by atoms with van der Waals surface area (Å²) in [5, 5.41) is 0.404. The fourth-order valence-corrected chi connectivity index (χ4v) is 3.58. The molecule has 2 atom stereocenters. The normalized spacial score (nSPS) is 17.3. The van der Waals surface area contributed by atoms with E-state index >= 15 is 0 Å². The van der Waals surface area contributed by atoms with Gasteiger partial charge in [-0.2, -0.15) is 0 Å². The molecule has 0 unspecified atom stereocenters. The first-order valence-electron chi connectivity index (χ1n) is 9.02. The molecule has 1 saturated heterocycles. The van der Waals surface area contributed by atoms with Crippen LogP contribution in [-0.2, 0) is 14.3 Å². The number of amides is 1. The number of carbonyl (C=O) groups excluding carboxylic acids is 3. The quantitative estimate of drug-likeness (QED) is 0.368. The summed E-state index contributed by atoms with van der Waals surface area (Å²) in [5.41, 5.74) is 0.740. The average molecular weight is 438 g/mol. The van der Waals surface area contributed by atoms with E-state index in [4.69, 9.17) is 27.9 Å². The molecule has 0 saturated carbocycles. The number of Topliss-reactive ketones (excluding diaryl/α,β-unsaturated/α-hetero) is 1. The van der Waals surface area contributed by atoms with Gasteiger partial charge in [0.15, 0.2) is 6.10 Å². The minimum absolute atomic E-state index is 0.0393. The number of ketones is 1. The molecule has 0 N–H and O–H groups in total. The molecule has 3 rings (SSSR count). The smallest absolute Gasteiger partial charge is 0.312 e. The van der Waals surface area contributed by atoms with Crippen LogP contribution in [0, 0.1) is 11.7 Å². The first-order chi connectivity index (χ1) is 13.9. The molecule has 152 valence electrons. The van der Waals surface area contributed by atoms with Gasteiger partial charge in [-0.05, 0) is 36.4 Å². The number of nitrogens with zero attached hydrogens (tertiary/aromatic N) is 1. The molecule has 2 aromatic carbocycles. The van der Waals surface area contributed by atoms with E-state index in [0.29, 0.717) is 10.7 Å². The van der Waals surface area contributed by atoms with E-state index in [1.807, 2.05) is 0 Å². The zero-order chi connectivity index (χ0) is 21.0. The molecule has 1 aliphatic rings. The molecular formula is C21H18Cl2FNO4. The third-order valence-electron chi connectivity index (χ3n) is 4.65. The second-order valence-corrected chi connectivity index (χ2v) is 7.42. The Balaban J connectivity index is 1.70. The molecule has 0 bridgehead atoms. The lowest BCUT2D eigenvalue weighted by Crippen LogP contribution is -2.32. The summed E-state index contributed by atoms with van der Waals surface area (Å²) in [7, 11) is 0. The van der Waals surface area contributed by atoms with Gasteiger partial charge in [0, 0.05) is 30.8 Å². The number of benzene rings is 2. The van der Waals surface area contributed by atoms with Crippen LogP contribution < -0.4 is 4.90 Å². The van der Waals surface area contributed by atoms with Crippen LogP contribution in [0.2, 0.25) is 5.02 Å². The monoisotopic (exact) mass is 437 g/mol. The predicted octanol–water partition coefficient (Wildman–Crippen LogP) is 4.26. The van der Waals surface area contributed by atoms with Crippen LogP contribution in [0.3, 0.4) is 0 Å². The number of carbonyl (C=O) groups is 3. The van der Waals surface area contributed by atoms with Crippen molar-refractivity contribution in [2.75, 3.05) is 17.3 Å². The molecular weight excluding hydrogens is 420 g/mol. The Labute approximate surface area is 177 Å². The topological polar surface area (TPSA) is 63.7 Å². The predicted molar refractivity (Wildman–Crippen MR) is 108 cm³/mol. The Hall–Kier alpha value is -2.44. The number of halogens is 3. The number of para-hydroxylation sites is 1. The number of ether oxygens (including phenoxy) is 1. The van der Waals surface area contributed by atoms with Crippen molar-refractivity contribution in [3.63, 3.8) is 0 Å². The van der Waals surface area contributed by atoms with Crippen LogP contribution >= 0.6 is 23.2 Å². The van der Waals surface area contributed by atoms with Gasteiger partial charge >= 0.3 is 5.97 Å². The minimum Gasteiger partial charge on any atom is -0.454 e. The summed E-state index contributed by atoms with van der Waals surface area (Å²) < 4.78 is 18.5. The van der Waals surface area contributed by atoms with Gasteiger partial charge in [0.05, 0.1) is 16.6 Å². The van der Waals surface area contributed by atoms with Gasteiger partial charge in [-0.25, -0.2) is 4.39 Å². The van der Waals surface area contributed by atoms with Crippen molar-refractivity contribution in [3.8, 4) is 0 Å². The van der Waals surface area contributed by atoms with Gasteiger partial charge in [0.1, 0.15) is 5.82 Å². The highest BCUT2D eigenvalue weighted by Crippen LogP contribution is 2.31. The fourth-order valence-electron chi connectivity index (χ4n) is 3.15. The van der Waals surface area contributed by atoms with Crippen molar-refractivity contribution < 1.29 is 23.5 Å². The van der Waals surface area contributed by atoms with Crippen LogP contribution in [0.5, 0.6) is 0 Å². The van der Waals surface area contributed by atoms with Crippen LogP contribution in [-0.4, -0.2) is 36.2 Å². The van der Waals surface area contributed by atoms with E-state index in [0.717, 1.165) is 12.1 Å². The molecule has 8 heteroatoms. The van der Waals surface area contributed by atoms with E-state index in [2.05, 4.69) is 0 Å². The second-order valence-electron chi connectivity index (χ2n) is 6.63. The first-order valence-corrected chi connectivity index (χ1v) is 9.93. The first kappa shape index (κ1) is 21.3. The highest BCUT2D eigenvalue weighted by atomic mass is 35.5. The van der Waals surface area contributed by atoms with Crippen molar-refractivity contribution in [2.45, 2.75) is 18.9 Å². The molecule has 1 heterocycles. The standard InChI is InChI=1S/C21H18Cl2FNO4/c22-10-9-18(20(27)13-5-7-15(24)8-6-13)29-21(28)14-11-19(26)25(12-14)17-4-2-1-3-16(17)23/h1-8,14,18H,9-12H2/t14-,18-/m1/s1. The number of hydrogen-bond donors (Lipinski definition) is 0. The summed E-state index contributed by atoms with van der Waals surface area (Å²) in [6.07, 6.45) is -1.03. The number of anilines is 1. The van der Waals surface area contributed by atoms with Gasteiger partial charge in [-0.15, -0.1) is 11.6 Å². The maximum absolute atomic E-state index is 13.1. The van der Waals surface area contributed by atoms with Crippen LogP contribution in [0.15, 0.2) is 48.5 Å². The maximum Gasteiger partial charge on any atom is 0.312 e. The molecule has 5 nitrogen and oxygen atoms in total. The Kier molecular flexibility index (Phi) is 6.87. The molecule has 0 aromatic heterocycles. The van der Waals surface area contributed by atoms with Crippen LogP contribution in [0.1, 0.15) is 23.2 Å². The molecule has 0 aliphatic carbocycles. The lowest BCUT2D eigenvalue weighted by Gasteiger charge is -2.20. The fraction of sp³-hybridized carbons (Fsp3) is 0.286. The average Bonchev–Trinajstić information content (AvgIpc) is 3.09. The van der Waals surface area contributed by atoms with Gasteiger partial charge in [-0.3, -0.25) is 14.4 Å².